The van der Waals surface area contributed by atoms with Gasteiger partial charge in [0.2, 0.25) is 0 Å². The molecule has 25 heavy (non-hydrogen) atoms. The van der Waals surface area contributed by atoms with Gasteiger partial charge in [0.25, 0.3) is 0 Å². The standard InChI is InChI=1S/C18H27N5O2/c1-5-14(6-2)16(24)11-20-18(25)21-15-7-8-17(19-10-15)23-13(4)9-12(3)22-23/h7-10,14,16,24H,5-6,11H2,1-4H3,(H2,20,21,25). The van der Waals surface area contributed by atoms with Crippen LogP contribution in [0.3, 0.4) is 0 Å². The molecule has 2 aromatic rings. The van der Waals surface area contributed by atoms with Gasteiger partial charge < -0.3 is 15.7 Å². The minimum absolute atomic E-state index is 0.196. The molecule has 0 aliphatic rings. The monoisotopic (exact) mass is 345 g/mol. The summed E-state index contributed by atoms with van der Waals surface area (Å²) in [6.45, 7) is 8.20. The van der Waals surface area contributed by atoms with Gasteiger partial charge in [0, 0.05) is 12.2 Å². The molecule has 1 atom stereocenters. The minimum Gasteiger partial charge on any atom is -0.391 e. The first-order valence-electron chi connectivity index (χ1n) is 8.67. The number of hydrogen-bond acceptors (Lipinski definition) is 4. The number of amides is 2. The van der Waals surface area contributed by atoms with E-state index in [0.717, 1.165) is 24.2 Å². The summed E-state index contributed by atoms with van der Waals surface area (Å²) in [5, 5.41) is 19.8. The van der Waals surface area contributed by atoms with Crippen molar-refractivity contribution < 1.29 is 9.90 Å². The number of aryl methyl sites for hydroxylation is 2. The van der Waals surface area contributed by atoms with E-state index in [9.17, 15) is 9.90 Å². The molecule has 0 bridgehead atoms. The molecule has 1 unspecified atom stereocenters. The average molecular weight is 345 g/mol. The zero-order valence-corrected chi connectivity index (χ0v) is 15.3. The van der Waals surface area contributed by atoms with Crippen molar-refractivity contribution >= 4 is 11.7 Å². The summed E-state index contributed by atoms with van der Waals surface area (Å²) in [6.07, 6.45) is 2.83. The van der Waals surface area contributed by atoms with Crippen molar-refractivity contribution in [1.82, 2.24) is 20.1 Å². The maximum absolute atomic E-state index is 11.9. The molecule has 0 radical (unpaired) electrons. The van der Waals surface area contributed by atoms with E-state index >= 15 is 0 Å². The summed E-state index contributed by atoms with van der Waals surface area (Å²) in [6, 6.07) is 5.20. The van der Waals surface area contributed by atoms with Gasteiger partial charge in [0.15, 0.2) is 5.82 Å². The summed E-state index contributed by atoms with van der Waals surface area (Å²) >= 11 is 0. The Morgan fingerprint density at radius 2 is 2.00 bits per heavy atom. The van der Waals surface area contributed by atoms with Crippen LogP contribution in [0.4, 0.5) is 10.5 Å². The first-order valence-corrected chi connectivity index (χ1v) is 8.67. The van der Waals surface area contributed by atoms with E-state index in [4.69, 9.17) is 0 Å². The highest BCUT2D eigenvalue weighted by atomic mass is 16.3. The first-order chi connectivity index (χ1) is 11.9. The molecule has 7 nitrogen and oxygen atoms in total. The molecule has 2 heterocycles. The van der Waals surface area contributed by atoms with Gasteiger partial charge in [-0.2, -0.15) is 5.10 Å². The number of hydrogen-bond donors (Lipinski definition) is 3. The number of urea groups is 1. The number of aliphatic hydroxyl groups is 1. The highest BCUT2D eigenvalue weighted by Crippen LogP contribution is 2.13. The van der Waals surface area contributed by atoms with E-state index in [-0.39, 0.29) is 18.5 Å². The van der Waals surface area contributed by atoms with Crippen LogP contribution in [0.1, 0.15) is 38.1 Å². The number of aliphatic hydroxyl groups excluding tert-OH is 1. The number of nitrogens with zero attached hydrogens (tertiary/aromatic N) is 3. The molecular weight excluding hydrogens is 318 g/mol. The van der Waals surface area contributed by atoms with Gasteiger partial charge >= 0.3 is 6.03 Å². The number of pyridine rings is 1. The average Bonchev–Trinajstić information content (AvgIpc) is 2.93. The maximum Gasteiger partial charge on any atom is 0.319 e. The fourth-order valence-corrected chi connectivity index (χ4v) is 2.82. The lowest BCUT2D eigenvalue weighted by atomic mass is 9.97. The van der Waals surface area contributed by atoms with Crippen molar-refractivity contribution in [2.45, 2.75) is 46.6 Å². The van der Waals surface area contributed by atoms with E-state index in [2.05, 4.69) is 20.7 Å². The number of anilines is 1. The van der Waals surface area contributed by atoms with Gasteiger partial charge in [-0.05, 0) is 38.0 Å². The van der Waals surface area contributed by atoms with Crippen LogP contribution in [0.25, 0.3) is 5.82 Å². The Morgan fingerprint density at radius 1 is 1.28 bits per heavy atom. The molecule has 3 N–H and O–H groups in total. The molecular formula is C18H27N5O2. The predicted molar refractivity (Wildman–Crippen MR) is 97.9 cm³/mol. The van der Waals surface area contributed by atoms with E-state index < -0.39 is 6.10 Å². The second-order valence-electron chi connectivity index (χ2n) is 6.22. The van der Waals surface area contributed by atoms with Crippen molar-refractivity contribution in [2.24, 2.45) is 5.92 Å². The fourth-order valence-electron chi connectivity index (χ4n) is 2.82. The fraction of sp³-hybridized carbons (Fsp3) is 0.500. The Labute approximate surface area is 148 Å². The van der Waals surface area contributed by atoms with Crippen molar-refractivity contribution in [2.75, 3.05) is 11.9 Å². The lowest BCUT2D eigenvalue weighted by molar-refractivity contribution is 0.104. The molecule has 0 aromatic carbocycles. The van der Waals surface area contributed by atoms with Crippen LogP contribution in [-0.2, 0) is 0 Å². The number of aromatic nitrogens is 3. The highest BCUT2D eigenvalue weighted by molar-refractivity contribution is 5.89. The number of carbonyl (C=O) groups is 1. The molecule has 0 saturated carbocycles. The Kier molecular flexibility index (Phi) is 6.52. The SMILES string of the molecule is CCC(CC)C(O)CNC(=O)Nc1ccc(-n2nc(C)cc2C)nc1. The van der Waals surface area contributed by atoms with E-state index in [0.29, 0.717) is 11.5 Å². The first kappa shape index (κ1) is 18.9. The summed E-state index contributed by atoms with van der Waals surface area (Å²) in [4.78, 5) is 16.3. The van der Waals surface area contributed by atoms with Gasteiger partial charge in [-0.1, -0.05) is 26.7 Å². The van der Waals surface area contributed by atoms with Crippen LogP contribution < -0.4 is 10.6 Å². The normalized spacial score (nSPS) is 12.2. The summed E-state index contributed by atoms with van der Waals surface area (Å²) < 4.78 is 1.76. The third-order valence-corrected chi connectivity index (χ3v) is 4.30. The largest absolute Gasteiger partial charge is 0.391 e. The molecule has 136 valence electrons. The van der Waals surface area contributed by atoms with Crippen molar-refractivity contribution in [1.29, 1.82) is 0 Å². The Hall–Kier alpha value is -2.41. The Balaban J connectivity index is 1.90. The smallest absolute Gasteiger partial charge is 0.319 e. The summed E-state index contributed by atoms with van der Waals surface area (Å²) in [7, 11) is 0. The summed E-state index contributed by atoms with van der Waals surface area (Å²) in [5.74, 6) is 0.891. The minimum atomic E-state index is -0.535. The number of rotatable bonds is 7. The molecule has 0 aliphatic carbocycles. The zero-order chi connectivity index (χ0) is 18.4. The molecule has 0 spiro atoms. The topological polar surface area (TPSA) is 92.1 Å². The number of carbonyl (C=O) groups excluding carboxylic acids is 1. The molecule has 2 aromatic heterocycles. The van der Waals surface area contributed by atoms with Crippen LogP contribution >= 0.6 is 0 Å². The van der Waals surface area contributed by atoms with Crippen molar-refractivity contribution in [3.05, 3.63) is 35.8 Å². The van der Waals surface area contributed by atoms with Gasteiger partial charge in [-0.25, -0.2) is 14.5 Å². The molecule has 0 saturated heterocycles. The second-order valence-corrected chi connectivity index (χ2v) is 6.22. The lowest BCUT2D eigenvalue weighted by Crippen LogP contribution is -2.38. The predicted octanol–water partition coefficient (Wildman–Crippen LogP) is 2.80. The van der Waals surface area contributed by atoms with E-state index in [1.807, 2.05) is 33.8 Å². The third kappa shape index (κ3) is 5.03. The van der Waals surface area contributed by atoms with Gasteiger partial charge in [-0.15, -0.1) is 0 Å². The van der Waals surface area contributed by atoms with E-state index in [1.165, 1.54) is 0 Å². The van der Waals surface area contributed by atoms with Crippen molar-refractivity contribution in [3.8, 4) is 5.82 Å². The summed E-state index contributed by atoms with van der Waals surface area (Å²) in [5.41, 5.74) is 2.51. The molecule has 2 amide bonds. The van der Waals surface area contributed by atoms with Gasteiger partial charge in [0.05, 0.1) is 23.7 Å². The lowest BCUT2D eigenvalue weighted by Gasteiger charge is -2.20. The second kappa shape index (κ2) is 8.62. The molecule has 7 heteroatoms. The third-order valence-electron chi connectivity index (χ3n) is 4.30. The van der Waals surface area contributed by atoms with Gasteiger partial charge in [0.1, 0.15) is 0 Å². The van der Waals surface area contributed by atoms with Crippen LogP contribution in [-0.4, -0.2) is 38.6 Å². The maximum atomic E-state index is 11.9. The highest BCUT2D eigenvalue weighted by Gasteiger charge is 2.16. The Morgan fingerprint density at radius 3 is 2.52 bits per heavy atom. The van der Waals surface area contributed by atoms with Crippen LogP contribution in [0.2, 0.25) is 0 Å². The quantitative estimate of drug-likeness (QED) is 0.719. The Bertz CT molecular complexity index is 692. The van der Waals surface area contributed by atoms with Gasteiger partial charge in [-0.3, -0.25) is 0 Å². The molecule has 2 rings (SSSR count). The van der Waals surface area contributed by atoms with Crippen LogP contribution in [0, 0.1) is 19.8 Å². The van der Waals surface area contributed by atoms with Crippen LogP contribution in [0.15, 0.2) is 24.4 Å². The molecule has 0 aliphatic heterocycles. The number of nitrogens with one attached hydrogen (secondary N) is 2. The van der Waals surface area contributed by atoms with E-state index in [1.54, 1.807) is 23.0 Å². The molecule has 0 fully saturated rings. The zero-order valence-electron chi connectivity index (χ0n) is 15.3. The van der Waals surface area contributed by atoms with Crippen molar-refractivity contribution in [3.63, 3.8) is 0 Å². The van der Waals surface area contributed by atoms with Crippen LogP contribution in [0.5, 0.6) is 0 Å².